The molecule has 0 spiro atoms. The van der Waals surface area contributed by atoms with Gasteiger partial charge in [-0.1, -0.05) is 11.6 Å². The van der Waals surface area contributed by atoms with Gasteiger partial charge in [-0.3, -0.25) is 0 Å². The number of anilines is 1. The van der Waals surface area contributed by atoms with Gasteiger partial charge in [0.05, 0.1) is 0 Å². The van der Waals surface area contributed by atoms with E-state index in [0.717, 1.165) is 31.6 Å². The van der Waals surface area contributed by atoms with E-state index in [1.165, 1.54) is 0 Å². The molecule has 1 saturated heterocycles. The van der Waals surface area contributed by atoms with Gasteiger partial charge in [0, 0.05) is 23.3 Å². The minimum Gasteiger partial charge on any atom is -0.334 e. The van der Waals surface area contributed by atoms with Crippen molar-refractivity contribution in [2.75, 3.05) is 25.5 Å². The van der Waals surface area contributed by atoms with Crippen LogP contribution in [0.4, 0.5) is 10.5 Å². The largest absolute Gasteiger partial charge is 0.334 e. The first-order chi connectivity index (χ1) is 8.63. The molecule has 0 unspecified atom stereocenters. The lowest BCUT2D eigenvalue weighted by Crippen LogP contribution is -2.47. The van der Waals surface area contributed by atoms with Gasteiger partial charge >= 0.3 is 6.03 Å². The Morgan fingerprint density at radius 3 is 2.78 bits per heavy atom. The molecule has 1 aromatic rings. The van der Waals surface area contributed by atoms with Gasteiger partial charge in [0.25, 0.3) is 0 Å². The Kier molecular flexibility index (Phi) is 4.44. The second kappa shape index (κ2) is 6.07. The number of rotatable bonds is 2. The molecule has 1 atom stereocenters. The maximum Gasteiger partial charge on any atom is 0.319 e. The molecule has 1 aliphatic heterocycles. The molecule has 1 heterocycles. The van der Waals surface area contributed by atoms with Crippen molar-refractivity contribution in [1.29, 1.82) is 0 Å². The fraction of sp³-hybridized carbons (Fsp3) is 0.462. The number of carbonyl (C=O) groups excluding carboxylic acids is 1. The molecule has 0 aliphatic carbocycles. The molecule has 98 valence electrons. The smallest absolute Gasteiger partial charge is 0.319 e. The molecule has 1 aliphatic rings. The number of amides is 2. The zero-order valence-corrected chi connectivity index (χ0v) is 11.2. The second-order valence-electron chi connectivity index (χ2n) is 4.71. The Bertz CT molecular complexity index is 407. The van der Waals surface area contributed by atoms with E-state index < -0.39 is 0 Å². The summed E-state index contributed by atoms with van der Waals surface area (Å²) in [6.07, 6.45) is 2.17. The van der Waals surface area contributed by atoms with Gasteiger partial charge in [0.15, 0.2) is 0 Å². The maximum atomic E-state index is 11.8. The van der Waals surface area contributed by atoms with E-state index in [9.17, 15) is 4.79 Å². The third-order valence-corrected chi connectivity index (χ3v) is 3.31. The zero-order chi connectivity index (χ0) is 13.0. The first-order valence-electron chi connectivity index (χ1n) is 6.15. The number of carbonyl (C=O) groups is 1. The molecule has 0 radical (unpaired) electrons. The van der Waals surface area contributed by atoms with E-state index in [4.69, 9.17) is 11.6 Å². The van der Waals surface area contributed by atoms with Crippen molar-refractivity contribution in [3.05, 3.63) is 29.3 Å². The van der Waals surface area contributed by atoms with Crippen molar-refractivity contribution in [2.24, 2.45) is 0 Å². The fourth-order valence-electron chi connectivity index (χ4n) is 2.17. The highest BCUT2D eigenvalue weighted by molar-refractivity contribution is 6.30. The van der Waals surface area contributed by atoms with Crippen LogP contribution in [0, 0.1) is 0 Å². The lowest BCUT2D eigenvalue weighted by atomic mass is 10.1. The highest BCUT2D eigenvalue weighted by Gasteiger charge is 2.18. The number of hydrogen-bond acceptors (Lipinski definition) is 2. The van der Waals surface area contributed by atoms with Crippen LogP contribution in [0.2, 0.25) is 5.02 Å². The minimum atomic E-state index is -0.155. The summed E-state index contributed by atoms with van der Waals surface area (Å²) in [5.74, 6) is 0. The SMILES string of the molecule is CN1CCC[C@@H](NC(=O)Nc2ccc(Cl)cc2)C1. The molecular formula is C13H18ClN3O. The number of likely N-dealkylation sites (tertiary alicyclic amines) is 1. The molecule has 1 fully saturated rings. The van der Waals surface area contributed by atoms with Crippen LogP contribution in [-0.4, -0.2) is 37.1 Å². The number of benzene rings is 1. The summed E-state index contributed by atoms with van der Waals surface area (Å²) in [6.45, 7) is 2.02. The van der Waals surface area contributed by atoms with E-state index >= 15 is 0 Å². The highest BCUT2D eigenvalue weighted by Crippen LogP contribution is 2.13. The number of piperidine rings is 1. The summed E-state index contributed by atoms with van der Waals surface area (Å²) in [5.41, 5.74) is 0.751. The van der Waals surface area contributed by atoms with Gasteiger partial charge in [0.1, 0.15) is 0 Å². The molecule has 0 aromatic heterocycles. The Balaban J connectivity index is 1.83. The first kappa shape index (κ1) is 13.2. The van der Waals surface area contributed by atoms with Crippen LogP contribution in [0.25, 0.3) is 0 Å². The maximum absolute atomic E-state index is 11.8. The summed E-state index contributed by atoms with van der Waals surface area (Å²) in [4.78, 5) is 14.0. The lowest BCUT2D eigenvalue weighted by Gasteiger charge is -2.30. The number of likely N-dealkylation sites (N-methyl/N-ethyl adjacent to an activating group) is 1. The van der Waals surface area contributed by atoms with Crippen LogP contribution >= 0.6 is 11.6 Å². The molecule has 2 N–H and O–H groups in total. The highest BCUT2D eigenvalue weighted by atomic mass is 35.5. The molecule has 4 nitrogen and oxygen atoms in total. The van der Waals surface area contributed by atoms with Crippen molar-refractivity contribution < 1.29 is 4.79 Å². The minimum absolute atomic E-state index is 0.155. The van der Waals surface area contributed by atoms with Gasteiger partial charge in [0.2, 0.25) is 0 Å². The van der Waals surface area contributed by atoms with Gasteiger partial charge in [-0.25, -0.2) is 4.79 Å². The molecule has 1 aromatic carbocycles. The van der Waals surface area contributed by atoms with Gasteiger partial charge in [-0.2, -0.15) is 0 Å². The number of hydrogen-bond donors (Lipinski definition) is 2. The molecule has 2 rings (SSSR count). The quantitative estimate of drug-likeness (QED) is 0.865. The van der Waals surface area contributed by atoms with Crippen molar-refractivity contribution in [3.63, 3.8) is 0 Å². The van der Waals surface area contributed by atoms with Crippen LogP contribution in [-0.2, 0) is 0 Å². The Morgan fingerprint density at radius 1 is 1.39 bits per heavy atom. The molecule has 0 saturated carbocycles. The fourth-order valence-corrected chi connectivity index (χ4v) is 2.30. The second-order valence-corrected chi connectivity index (χ2v) is 5.14. The monoisotopic (exact) mass is 267 g/mol. The topological polar surface area (TPSA) is 44.4 Å². The van der Waals surface area contributed by atoms with Crippen molar-refractivity contribution in [3.8, 4) is 0 Å². The standard InChI is InChI=1S/C13H18ClN3O/c1-17-8-2-3-12(9-17)16-13(18)15-11-6-4-10(14)5-7-11/h4-7,12H,2-3,8-9H2,1H3,(H2,15,16,18)/t12-/m1/s1. The van der Waals surface area contributed by atoms with Crippen LogP contribution in [0.15, 0.2) is 24.3 Å². The van der Waals surface area contributed by atoms with E-state index in [1.807, 2.05) is 0 Å². The summed E-state index contributed by atoms with van der Waals surface area (Å²) in [7, 11) is 2.07. The number of nitrogens with one attached hydrogen (secondary N) is 2. The van der Waals surface area contributed by atoms with E-state index in [0.29, 0.717) is 5.02 Å². The van der Waals surface area contributed by atoms with Crippen LogP contribution in [0.1, 0.15) is 12.8 Å². The van der Waals surface area contributed by atoms with Crippen molar-refractivity contribution in [1.82, 2.24) is 10.2 Å². The van der Waals surface area contributed by atoms with Crippen molar-refractivity contribution >= 4 is 23.3 Å². The predicted octanol–water partition coefficient (Wildman–Crippen LogP) is 2.56. The van der Waals surface area contributed by atoms with E-state index in [-0.39, 0.29) is 12.1 Å². The van der Waals surface area contributed by atoms with Gasteiger partial charge in [-0.05, 0) is 50.7 Å². The molecule has 0 bridgehead atoms. The summed E-state index contributed by atoms with van der Waals surface area (Å²) >= 11 is 5.79. The Morgan fingerprint density at radius 2 is 2.11 bits per heavy atom. The summed E-state index contributed by atoms with van der Waals surface area (Å²) < 4.78 is 0. The molecular weight excluding hydrogens is 250 g/mol. The lowest BCUT2D eigenvalue weighted by molar-refractivity contribution is 0.216. The van der Waals surface area contributed by atoms with Crippen molar-refractivity contribution in [2.45, 2.75) is 18.9 Å². The summed E-state index contributed by atoms with van der Waals surface area (Å²) in [5, 5.41) is 6.45. The number of urea groups is 1. The summed E-state index contributed by atoms with van der Waals surface area (Å²) in [6, 6.07) is 7.16. The third kappa shape index (κ3) is 3.89. The zero-order valence-electron chi connectivity index (χ0n) is 10.4. The number of nitrogens with zero attached hydrogens (tertiary/aromatic N) is 1. The van der Waals surface area contributed by atoms with Crippen LogP contribution < -0.4 is 10.6 Å². The average molecular weight is 268 g/mol. The Labute approximate surface area is 112 Å². The molecule has 5 heteroatoms. The Hall–Kier alpha value is -1.26. The molecule has 18 heavy (non-hydrogen) atoms. The third-order valence-electron chi connectivity index (χ3n) is 3.06. The number of halogens is 1. The predicted molar refractivity (Wildman–Crippen MR) is 74.1 cm³/mol. The van der Waals surface area contributed by atoms with Gasteiger partial charge < -0.3 is 15.5 Å². The van der Waals surface area contributed by atoms with E-state index in [1.54, 1.807) is 24.3 Å². The van der Waals surface area contributed by atoms with Crippen LogP contribution in [0.5, 0.6) is 0 Å². The van der Waals surface area contributed by atoms with Gasteiger partial charge in [-0.15, -0.1) is 0 Å². The molecule has 2 amide bonds. The van der Waals surface area contributed by atoms with E-state index in [2.05, 4.69) is 22.6 Å². The normalized spacial score (nSPS) is 20.4. The average Bonchev–Trinajstić information content (AvgIpc) is 2.32. The first-order valence-corrected chi connectivity index (χ1v) is 6.53. The van der Waals surface area contributed by atoms with Crippen LogP contribution in [0.3, 0.4) is 0 Å².